The van der Waals surface area contributed by atoms with E-state index in [0.717, 1.165) is 30.0 Å². The second-order valence-corrected chi connectivity index (χ2v) is 19.1. The lowest BCUT2D eigenvalue weighted by Crippen LogP contribution is -2.37. The molecule has 0 aromatic heterocycles. The van der Waals surface area contributed by atoms with Gasteiger partial charge in [0.15, 0.2) is 16.6 Å². The van der Waals surface area contributed by atoms with Gasteiger partial charge in [0.1, 0.15) is 6.61 Å². The third-order valence-corrected chi connectivity index (χ3v) is 7.01. The van der Waals surface area contributed by atoms with Crippen molar-refractivity contribution in [2.24, 2.45) is 0 Å². The van der Waals surface area contributed by atoms with Crippen LogP contribution in [0.1, 0.15) is 5.56 Å². The summed E-state index contributed by atoms with van der Waals surface area (Å²) in [7, 11) is -1.40. The molecule has 0 N–H and O–H groups in total. The molecule has 8 heteroatoms. The fraction of sp³-hybridized carbons (Fsp3) is 0.480. The number of hydrogen-bond donors (Lipinski definition) is 0. The van der Waals surface area contributed by atoms with Gasteiger partial charge in [0.2, 0.25) is 0 Å². The van der Waals surface area contributed by atoms with Gasteiger partial charge in [0.25, 0.3) is 0 Å². The van der Waals surface area contributed by atoms with E-state index in [1.165, 1.54) is 4.90 Å². The first-order valence-electron chi connectivity index (χ1n) is 11.5. The SMILES string of the molecule is CN(C(=O)OCc1ccccc1)c1ccc(N(CCO[Si](C)(C)C)CCO[Si](C)(C)C)cc1. The lowest BCUT2D eigenvalue weighted by Gasteiger charge is -2.29. The third kappa shape index (κ3) is 10.6. The van der Waals surface area contributed by atoms with Gasteiger partial charge >= 0.3 is 6.09 Å². The fourth-order valence-electron chi connectivity index (χ4n) is 3.10. The van der Waals surface area contributed by atoms with Crippen LogP contribution in [0.4, 0.5) is 16.2 Å². The molecule has 2 aromatic carbocycles. The molecule has 0 atom stereocenters. The van der Waals surface area contributed by atoms with Crippen LogP contribution in [0.3, 0.4) is 0 Å². The van der Waals surface area contributed by atoms with Crippen molar-refractivity contribution < 1.29 is 18.4 Å². The van der Waals surface area contributed by atoms with Gasteiger partial charge in [-0.1, -0.05) is 30.3 Å². The van der Waals surface area contributed by atoms with Crippen molar-refractivity contribution in [3.8, 4) is 0 Å². The van der Waals surface area contributed by atoms with Crippen LogP contribution in [0.2, 0.25) is 39.3 Å². The number of nitrogens with zero attached hydrogens (tertiary/aromatic N) is 2. The molecule has 1 amide bonds. The molecule has 6 nitrogen and oxygen atoms in total. The summed E-state index contributed by atoms with van der Waals surface area (Å²) in [5.74, 6) is 0. The Labute approximate surface area is 201 Å². The summed E-state index contributed by atoms with van der Waals surface area (Å²) in [6.07, 6.45) is -0.379. The molecule has 0 aliphatic rings. The molecule has 2 rings (SSSR count). The topological polar surface area (TPSA) is 51.2 Å². The van der Waals surface area contributed by atoms with Gasteiger partial charge in [-0.3, -0.25) is 4.90 Å². The molecule has 0 bridgehead atoms. The van der Waals surface area contributed by atoms with Gasteiger partial charge in [0.05, 0.1) is 13.2 Å². The lowest BCUT2D eigenvalue weighted by molar-refractivity contribution is 0.148. The summed E-state index contributed by atoms with van der Waals surface area (Å²) < 4.78 is 17.6. The first-order valence-corrected chi connectivity index (χ1v) is 18.3. The number of benzene rings is 2. The Kier molecular flexibility index (Phi) is 10.2. The van der Waals surface area contributed by atoms with Crippen LogP contribution >= 0.6 is 0 Å². The zero-order valence-electron chi connectivity index (χ0n) is 21.3. The summed E-state index contributed by atoms with van der Waals surface area (Å²) in [4.78, 5) is 16.3. The molecule has 0 unspecified atom stereocenters. The smallest absolute Gasteiger partial charge is 0.414 e. The number of anilines is 2. The molecule has 0 fully saturated rings. The van der Waals surface area contributed by atoms with Gasteiger partial charge in [-0.2, -0.15) is 0 Å². The molecular weight excluding hydrogens is 448 g/mol. The van der Waals surface area contributed by atoms with Crippen LogP contribution in [-0.4, -0.2) is 56.1 Å². The Bertz CT molecular complexity index is 829. The number of amides is 1. The van der Waals surface area contributed by atoms with E-state index < -0.39 is 16.6 Å². The number of carbonyl (C=O) groups is 1. The van der Waals surface area contributed by atoms with E-state index in [9.17, 15) is 4.79 Å². The van der Waals surface area contributed by atoms with E-state index in [2.05, 4.69) is 44.2 Å². The molecule has 0 radical (unpaired) electrons. The van der Waals surface area contributed by atoms with Gasteiger partial charge in [-0.25, -0.2) is 4.79 Å². The van der Waals surface area contributed by atoms with Crippen LogP contribution in [0, 0.1) is 0 Å². The summed E-state index contributed by atoms with van der Waals surface area (Å²) in [6.45, 7) is 16.4. The summed E-state index contributed by atoms with van der Waals surface area (Å²) in [6, 6.07) is 17.7. The zero-order valence-corrected chi connectivity index (χ0v) is 23.3. The van der Waals surface area contributed by atoms with Crippen molar-refractivity contribution in [2.45, 2.75) is 45.9 Å². The maximum Gasteiger partial charge on any atom is 0.414 e. The van der Waals surface area contributed by atoms with Crippen LogP contribution in [-0.2, 0) is 20.2 Å². The quantitative estimate of drug-likeness (QED) is 0.345. The fourth-order valence-corrected chi connectivity index (χ4v) is 4.51. The molecule has 0 spiro atoms. The van der Waals surface area contributed by atoms with Crippen molar-refractivity contribution in [3.05, 3.63) is 60.2 Å². The minimum atomic E-state index is -1.56. The maximum absolute atomic E-state index is 12.5. The lowest BCUT2D eigenvalue weighted by atomic mass is 10.2. The van der Waals surface area contributed by atoms with E-state index in [0.29, 0.717) is 13.2 Å². The number of rotatable bonds is 12. The summed E-state index contributed by atoms with van der Waals surface area (Å²) in [5, 5.41) is 0. The maximum atomic E-state index is 12.5. The first kappa shape index (κ1) is 27.1. The Hall–Kier alpha value is -2.14. The molecular formula is C25H40N2O4Si2. The van der Waals surface area contributed by atoms with Gasteiger partial charge < -0.3 is 18.5 Å². The summed E-state index contributed by atoms with van der Waals surface area (Å²) in [5.41, 5.74) is 2.84. The zero-order chi connectivity index (χ0) is 24.5. The van der Waals surface area contributed by atoms with E-state index in [1.807, 2.05) is 54.6 Å². The summed E-state index contributed by atoms with van der Waals surface area (Å²) >= 11 is 0. The standard InChI is InChI=1S/C25H40N2O4Si2/c1-26(25(28)29-21-22-11-9-8-10-12-22)23-13-15-24(16-14-23)27(17-19-30-32(2,3)4)18-20-31-33(5,6)7/h8-16H,17-21H2,1-7H3. The molecule has 0 heterocycles. The highest BCUT2D eigenvalue weighted by Crippen LogP contribution is 2.21. The molecule has 0 saturated carbocycles. The van der Waals surface area contributed by atoms with E-state index in [1.54, 1.807) is 7.05 Å². The Morgan fingerprint density at radius 3 is 1.73 bits per heavy atom. The number of hydrogen-bond acceptors (Lipinski definition) is 5. The van der Waals surface area contributed by atoms with Crippen molar-refractivity contribution in [2.75, 3.05) is 43.2 Å². The van der Waals surface area contributed by atoms with Crippen molar-refractivity contribution in [3.63, 3.8) is 0 Å². The highest BCUT2D eigenvalue weighted by molar-refractivity contribution is 6.70. The molecule has 0 aliphatic heterocycles. The van der Waals surface area contributed by atoms with E-state index >= 15 is 0 Å². The Morgan fingerprint density at radius 2 is 1.24 bits per heavy atom. The van der Waals surface area contributed by atoms with Crippen molar-refractivity contribution >= 4 is 34.1 Å². The second-order valence-electron chi connectivity index (χ2n) is 10.0. The molecule has 0 saturated heterocycles. The molecule has 33 heavy (non-hydrogen) atoms. The van der Waals surface area contributed by atoms with Crippen molar-refractivity contribution in [1.82, 2.24) is 0 Å². The molecule has 2 aromatic rings. The van der Waals surface area contributed by atoms with Crippen LogP contribution in [0.25, 0.3) is 0 Å². The third-order valence-electron chi connectivity index (χ3n) is 4.87. The first-order chi connectivity index (χ1) is 15.4. The highest BCUT2D eigenvalue weighted by Gasteiger charge is 2.18. The average molecular weight is 489 g/mol. The Morgan fingerprint density at radius 1 is 0.758 bits per heavy atom. The monoisotopic (exact) mass is 488 g/mol. The minimum absolute atomic E-state index is 0.254. The normalized spacial score (nSPS) is 11.8. The van der Waals surface area contributed by atoms with Crippen LogP contribution < -0.4 is 9.80 Å². The number of ether oxygens (including phenoxy) is 1. The van der Waals surface area contributed by atoms with Gasteiger partial charge in [-0.05, 0) is 69.1 Å². The van der Waals surface area contributed by atoms with Crippen LogP contribution in [0.15, 0.2) is 54.6 Å². The van der Waals surface area contributed by atoms with Gasteiger partial charge in [-0.15, -0.1) is 0 Å². The predicted octanol–water partition coefficient (Wildman–Crippen LogP) is 5.97. The second kappa shape index (κ2) is 12.4. The average Bonchev–Trinajstić information content (AvgIpc) is 2.75. The van der Waals surface area contributed by atoms with Crippen molar-refractivity contribution in [1.29, 1.82) is 0 Å². The molecule has 182 valence electrons. The van der Waals surface area contributed by atoms with E-state index in [4.69, 9.17) is 13.6 Å². The number of carbonyl (C=O) groups excluding carboxylic acids is 1. The highest BCUT2D eigenvalue weighted by atomic mass is 28.4. The largest absolute Gasteiger partial charge is 0.444 e. The van der Waals surface area contributed by atoms with E-state index in [-0.39, 0.29) is 12.7 Å². The minimum Gasteiger partial charge on any atom is -0.444 e. The van der Waals surface area contributed by atoms with Gasteiger partial charge in [0, 0.05) is 31.5 Å². The predicted molar refractivity (Wildman–Crippen MR) is 142 cm³/mol. The Balaban J connectivity index is 2.00. The molecule has 0 aliphatic carbocycles. The van der Waals surface area contributed by atoms with Crippen LogP contribution in [0.5, 0.6) is 0 Å².